The number of halogens is 3. The Labute approximate surface area is 128 Å². The first-order valence-corrected chi connectivity index (χ1v) is 7.51. The smallest absolute Gasteiger partial charge is 0.392 e. The summed E-state index contributed by atoms with van der Waals surface area (Å²) in [7, 11) is 0. The number of rotatable bonds is 4. The Bertz CT molecular complexity index is 493. The van der Waals surface area contributed by atoms with Crippen molar-refractivity contribution in [1.29, 1.82) is 0 Å². The number of hydrogen-bond donors (Lipinski definition) is 1. The summed E-state index contributed by atoms with van der Waals surface area (Å²) in [5.41, 5.74) is -0.304. The van der Waals surface area contributed by atoms with Gasteiger partial charge in [0.15, 0.2) is 0 Å². The third-order valence-electron chi connectivity index (χ3n) is 3.97. The lowest BCUT2D eigenvalue weighted by Gasteiger charge is -2.42. The zero-order chi connectivity index (χ0) is 16.3. The molecule has 1 N–H and O–H groups in total. The van der Waals surface area contributed by atoms with Crippen molar-refractivity contribution in [2.24, 2.45) is 0 Å². The van der Waals surface area contributed by atoms with E-state index in [0.29, 0.717) is 25.3 Å². The molecule has 4 nitrogen and oxygen atoms in total. The average molecular weight is 317 g/mol. The predicted octanol–water partition coefficient (Wildman–Crippen LogP) is 2.38. The lowest BCUT2D eigenvalue weighted by atomic mass is 10.1. The SMILES string of the molecule is CC[C@H]1CN(c2ccnc(C(F)(F)F)c2)CCN1C[C@@H](C)O. The van der Waals surface area contributed by atoms with Crippen molar-refractivity contribution in [3.63, 3.8) is 0 Å². The predicted molar refractivity (Wildman–Crippen MR) is 78.8 cm³/mol. The molecule has 1 aliphatic rings. The highest BCUT2D eigenvalue weighted by atomic mass is 19.4. The molecule has 2 atom stereocenters. The van der Waals surface area contributed by atoms with Gasteiger partial charge in [0.05, 0.1) is 6.10 Å². The van der Waals surface area contributed by atoms with Gasteiger partial charge in [0.25, 0.3) is 0 Å². The van der Waals surface area contributed by atoms with Crippen LogP contribution in [0.5, 0.6) is 0 Å². The van der Waals surface area contributed by atoms with E-state index in [4.69, 9.17) is 0 Å². The first-order valence-electron chi connectivity index (χ1n) is 7.51. The number of nitrogens with zero attached hydrogens (tertiary/aromatic N) is 3. The van der Waals surface area contributed by atoms with E-state index in [1.807, 2.05) is 4.90 Å². The molecule has 1 aromatic rings. The molecule has 0 aromatic carbocycles. The Morgan fingerprint density at radius 1 is 1.41 bits per heavy atom. The fourth-order valence-corrected chi connectivity index (χ4v) is 2.87. The van der Waals surface area contributed by atoms with Crippen molar-refractivity contribution in [3.8, 4) is 0 Å². The Morgan fingerprint density at radius 2 is 2.14 bits per heavy atom. The first-order chi connectivity index (χ1) is 10.3. The molecular formula is C15H22F3N3O. The minimum atomic E-state index is -4.42. The van der Waals surface area contributed by atoms with Crippen molar-refractivity contribution in [2.45, 2.75) is 38.6 Å². The second kappa shape index (κ2) is 6.83. The van der Waals surface area contributed by atoms with Crippen LogP contribution in [0.15, 0.2) is 18.3 Å². The molecule has 1 aliphatic heterocycles. The summed E-state index contributed by atoms with van der Waals surface area (Å²) in [5, 5.41) is 9.54. The third kappa shape index (κ3) is 4.10. The minimum Gasteiger partial charge on any atom is -0.392 e. The van der Waals surface area contributed by atoms with Crippen LogP contribution in [-0.2, 0) is 6.18 Å². The molecule has 1 saturated heterocycles. The van der Waals surface area contributed by atoms with Gasteiger partial charge in [0, 0.05) is 44.1 Å². The van der Waals surface area contributed by atoms with Gasteiger partial charge in [-0.2, -0.15) is 13.2 Å². The summed E-state index contributed by atoms with van der Waals surface area (Å²) in [4.78, 5) is 7.57. The summed E-state index contributed by atoms with van der Waals surface area (Å²) < 4.78 is 38.3. The Hall–Kier alpha value is -1.34. The highest BCUT2D eigenvalue weighted by molar-refractivity contribution is 5.47. The van der Waals surface area contributed by atoms with E-state index in [1.54, 1.807) is 13.0 Å². The van der Waals surface area contributed by atoms with Gasteiger partial charge in [-0.25, -0.2) is 0 Å². The minimum absolute atomic E-state index is 0.228. The molecule has 7 heteroatoms. The van der Waals surface area contributed by atoms with Crippen molar-refractivity contribution < 1.29 is 18.3 Å². The monoisotopic (exact) mass is 317 g/mol. The largest absolute Gasteiger partial charge is 0.433 e. The molecule has 1 fully saturated rings. The van der Waals surface area contributed by atoms with Crippen LogP contribution < -0.4 is 4.90 Å². The van der Waals surface area contributed by atoms with E-state index in [1.165, 1.54) is 6.20 Å². The van der Waals surface area contributed by atoms with Crippen LogP contribution in [-0.4, -0.2) is 53.3 Å². The lowest BCUT2D eigenvalue weighted by molar-refractivity contribution is -0.141. The highest BCUT2D eigenvalue weighted by Gasteiger charge is 2.33. The number of pyridine rings is 1. The number of aromatic nitrogens is 1. The van der Waals surface area contributed by atoms with Crippen LogP contribution in [0.1, 0.15) is 26.0 Å². The van der Waals surface area contributed by atoms with Gasteiger partial charge in [-0.3, -0.25) is 9.88 Å². The number of anilines is 1. The Balaban J connectivity index is 2.11. The number of alkyl halides is 3. The molecule has 0 aliphatic carbocycles. The average Bonchev–Trinajstić information content (AvgIpc) is 2.46. The number of aliphatic hydroxyl groups excluding tert-OH is 1. The quantitative estimate of drug-likeness (QED) is 0.925. The third-order valence-corrected chi connectivity index (χ3v) is 3.97. The van der Waals surface area contributed by atoms with Gasteiger partial charge >= 0.3 is 6.18 Å². The second-order valence-electron chi connectivity index (χ2n) is 5.75. The Morgan fingerprint density at radius 3 is 2.73 bits per heavy atom. The molecule has 124 valence electrons. The normalized spacial score (nSPS) is 21.9. The summed E-state index contributed by atoms with van der Waals surface area (Å²) in [5.74, 6) is 0. The van der Waals surface area contributed by atoms with Crippen LogP contribution in [0.4, 0.5) is 18.9 Å². The van der Waals surface area contributed by atoms with Crippen LogP contribution in [0.2, 0.25) is 0 Å². The number of β-amino-alcohol motifs (C(OH)–C–C–N with tert-alkyl or cyclic N) is 1. The van der Waals surface area contributed by atoms with E-state index in [9.17, 15) is 18.3 Å². The molecule has 0 amide bonds. The van der Waals surface area contributed by atoms with Crippen LogP contribution in [0, 0.1) is 0 Å². The zero-order valence-corrected chi connectivity index (χ0v) is 12.8. The number of hydrogen-bond acceptors (Lipinski definition) is 4. The number of aliphatic hydroxyl groups is 1. The molecule has 0 bridgehead atoms. The van der Waals surface area contributed by atoms with Crippen molar-refractivity contribution in [2.75, 3.05) is 31.1 Å². The van der Waals surface area contributed by atoms with Crippen LogP contribution in [0.3, 0.4) is 0 Å². The maximum atomic E-state index is 12.8. The van der Waals surface area contributed by atoms with Crippen LogP contribution in [0.25, 0.3) is 0 Å². The fourth-order valence-electron chi connectivity index (χ4n) is 2.87. The summed E-state index contributed by atoms with van der Waals surface area (Å²) in [6, 6.07) is 2.95. The van der Waals surface area contributed by atoms with Gasteiger partial charge < -0.3 is 10.0 Å². The summed E-state index contributed by atoms with van der Waals surface area (Å²) in [6.45, 7) is 6.42. The molecule has 0 saturated carbocycles. The van der Waals surface area contributed by atoms with Crippen molar-refractivity contribution in [1.82, 2.24) is 9.88 Å². The van der Waals surface area contributed by atoms with Gasteiger partial charge in [-0.1, -0.05) is 6.92 Å². The maximum Gasteiger partial charge on any atom is 0.433 e. The van der Waals surface area contributed by atoms with Gasteiger partial charge in [-0.15, -0.1) is 0 Å². The molecular weight excluding hydrogens is 295 g/mol. The topological polar surface area (TPSA) is 39.6 Å². The maximum absolute atomic E-state index is 12.8. The van der Waals surface area contributed by atoms with E-state index >= 15 is 0 Å². The highest BCUT2D eigenvalue weighted by Crippen LogP contribution is 2.30. The molecule has 22 heavy (non-hydrogen) atoms. The fraction of sp³-hybridized carbons (Fsp3) is 0.667. The molecule has 1 aromatic heterocycles. The molecule has 0 spiro atoms. The van der Waals surface area contributed by atoms with Gasteiger partial charge in [0.1, 0.15) is 5.69 Å². The van der Waals surface area contributed by atoms with Gasteiger partial charge in [0.2, 0.25) is 0 Å². The van der Waals surface area contributed by atoms with E-state index in [2.05, 4.69) is 16.8 Å². The summed E-state index contributed by atoms with van der Waals surface area (Å²) >= 11 is 0. The van der Waals surface area contributed by atoms with E-state index in [0.717, 1.165) is 19.0 Å². The first kappa shape index (κ1) is 17.0. The molecule has 0 radical (unpaired) electrons. The molecule has 2 rings (SSSR count). The zero-order valence-electron chi connectivity index (χ0n) is 12.8. The summed E-state index contributed by atoms with van der Waals surface area (Å²) in [6.07, 6.45) is -2.73. The lowest BCUT2D eigenvalue weighted by Crippen LogP contribution is -2.54. The van der Waals surface area contributed by atoms with E-state index in [-0.39, 0.29) is 6.04 Å². The number of piperazine rings is 1. The van der Waals surface area contributed by atoms with Gasteiger partial charge in [-0.05, 0) is 25.5 Å². The van der Waals surface area contributed by atoms with Crippen molar-refractivity contribution in [3.05, 3.63) is 24.0 Å². The standard InChI is InChI=1S/C15H22F3N3O/c1-3-12-10-21(7-6-20(12)9-11(2)22)13-4-5-19-14(8-13)15(16,17)18/h4-5,8,11-12,22H,3,6-7,9-10H2,1-2H3/t11-,12+/m1/s1. The van der Waals surface area contributed by atoms with Crippen molar-refractivity contribution >= 4 is 5.69 Å². The molecule has 0 unspecified atom stereocenters. The Kier molecular flexibility index (Phi) is 5.28. The van der Waals surface area contributed by atoms with Crippen LogP contribution >= 0.6 is 0 Å². The second-order valence-corrected chi connectivity index (χ2v) is 5.75. The van der Waals surface area contributed by atoms with E-state index < -0.39 is 18.0 Å². The molecule has 2 heterocycles.